The molecule has 1 N–H and O–H groups in total. The van der Waals surface area contributed by atoms with Crippen molar-refractivity contribution in [3.63, 3.8) is 0 Å². The van der Waals surface area contributed by atoms with Crippen LogP contribution in [0.15, 0.2) is 53.4 Å². The first-order valence-corrected chi connectivity index (χ1v) is 9.78. The average Bonchev–Trinajstić information content (AvgIpc) is 2.65. The lowest BCUT2D eigenvalue weighted by Gasteiger charge is -2.23. The van der Waals surface area contributed by atoms with Crippen molar-refractivity contribution < 1.29 is 26.7 Å². The zero-order valence-corrected chi connectivity index (χ0v) is 16.0. The molecule has 0 spiro atoms. The lowest BCUT2D eigenvalue weighted by molar-refractivity contribution is 0.0925. The molecule has 0 aromatic heterocycles. The molecule has 0 radical (unpaired) electrons. The topological polar surface area (TPSA) is 72.5 Å². The second-order valence-electron chi connectivity index (χ2n) is 6.30. The number of methoxy groups -OCH3 is 1. The Morgan fingerprint density at radius 3 is 2.00 bits per heavy atom. The molecule has 1 unspecified atom stereocenters. The lowest BCUT2D eigenvalue weighted by atomic mass is 9.95. The molecule has 146 valence electrons. The maximum atomic E-state index is 12.6. The Morgan fingerprint density at radius 1 is 1.00 bits per heavy atom. The van der Waals surface area contributed by atoms with Gasteiger partial charge in [-0.3, -0.25) is 4.79 Å². The van der Waals surface area contributed by atoms with Gasteiger partial charge in [-0.15, -0.1) is 0 Å². The van der Waals surface area contributed by atoms with Crippen LogP contribution in [0.1, 0.15) is 35.8 Å². The predicted molar refractivity (Wildman–Crippen MR) is 97.7 cm³/mol. The van der Waals surface area contributed by atoms with Crippen molar-refractivity contribution in [2.24, 2.45) is 5.92 Å². The van der Waals surface area contributed by atoms with Crippen molar-refractivity contribution in [3.8, 4) is 5.75 Å². The van der Waals surface area contributed by atoms with Gasteiger partial charge in [0.15, 0.2) is 0 Å². The molecule has 0 aliphatic carbocycles. The van der Waals surface area contributed by atoms with Crippen molar-refractivity contribution >= 4 is 15.7 Å². The number of hydrogen-bond donors (Lipinski definition) is 1. The smallest absolute Gasteiger partial charge is 0.341 e. The molecule has 0 aliphatic heterocycles. The second-order valence-corrected chi connectivity index (χ2v) is 8.22. The van der Waals surface area contributed by atoms with Gasteiger partial charge in [-0.1, -0.05) is 26.0 Å². The molecule has 2 aromatic rings. The van der Waals surface area contributed by atoms with Crippen LogP contribution >= 0.6 is 0 Å². The van der Waals surface area contributed by atoms with E-state index in [-0.39, 0.29) is 17.5 Å². The third-order valence-electron chi connectivity index (χ3n) is 4.11. The summed E-state index contributed by atoms with van der Waals surface area (Å²) in [6.07, 6.45) is 0. The minimum absolute atomic E-state index is 0.0841. The van der Waals surface area contributed by atoms with Gasteiger partial charge < -0.3 is 10.1 Å². The van der Waals surface area contributed by atoms with E-state index in [4.69, 9.17) is 4.74 Å². The van der Waals surface area contributed by atoms with Crippen molar-refractivity contribution in [3.05, 3.63) is 59.7 Å². The number of nitrogens with one attached hydrogen (secondary N) is 1. The molecule has 2 aromatic carbocycles. The number of ether oxygens (including phenoxy) is 1. The van der Waals surface area contributed by atoms with E-state index in [2.05, 4.69) is 5.32 Å². The Balaban J connectivity index is 2.20. The van der Waals surface area contributed by atoms with Crippen LogP contribution in [0.2, 0.25) is 0 Å². The van der Waals surface area contributed by atoms with Crippen LogP contribution in [0.25, 0.3) is 0 Å². The summed E-state index contributed by atoms with van der Waals surface area (Å²) in [5.41, 5.74) is 1.07. The van der Waals surface area contributed by atoms with E-state index in [1.54, 1.807) is 19.2 Å². The molecular weight excluding hydrogens is 376 g/mol. The van der Waals surface area contributed by atoms with Crippen LogP contribution in [-0.4, -0.2) is 27.2 Å². The predicted octanol–water partition coefficient (Wildman–Crippen LogP) is 3.82. The average molecular weight is 397 g/mol. The van der Waals surface area contributed by atoms with E-state index in [0.29, 0.717) is 5.75 Å². The summed E-state index contributed by atoms with van der Waals surface area (Å²) in [7, 11) is -3.12. The molecule has 0 saturated heterocycles. The van der Waals surface area contributed by atoms with Gasteiger partial charge in [0.2, 0.25) is 9.84 Å². The zero-order valence-electron chi connectivity index (χ0n) is 15.1. The van der Waals surface area contributed by atoms with Crippen LogP contribution < -0.4 is 10.1 Å². The number of amides is 1. The van der Waals surface area contributed by atoms with Crippen LogP contribution in [0.3, 0.4) is 0 Å². The number of hydrogen-bond acceptors (Lipinski definition) is 4. The van der Waals surface area contributed by atoms with Gasteiger partial charge in [0.1, 0.15) is 5.75 Å². The lowest BCUT2D eigenvalue weighted by Crippen LogP contribution is -2.31. The molecule has 1 atom stereocenters. The molecule has 1 amide bonds. The molecule has 0 saturated carbocycles. The van der Waals surface area contributed by atoms with Crippen molar-refractivity contribution in [2.45, 2.75) is 30.5 Å². The molecule has 0 fully saturated rings. The number of halogens is 2. The first-order chi connectivity index (χ1) is 12.7. The third-order valence-corrected chi connectivity index (χ3v) is 5.51. The summed E-state index contributed by atoms with van der Waals surface area (Å²) in [6, 6.07) is 11.5. The largest absolute Gasteiger partial charge is 0.497 e. The van der Waals surface area contributed by atoms with Crippen molar-refractivity contribution in [1.82, 2.24) is 5.32 Å². The van der Waals surface area contributed by atoms with Gasteiger partial charge in [0, 0.05) is 5.56 Å². The molecule has 27 heavy (non-hydrogen) atoms. The van der Waals surface area contributed by atoms with Crippen LogP contribution in [-0.2, 0) is 9.84 Å². The maximum absolute atomic E-state index is 12.6. The van der Waals surface area contributed by atoms with Gasteiger partial charge >= 0.3 is 5.76 Å². The monoisotopic (exact) mass is 397 g/mol. The Hall–Kier alpha value is -2.48. The molecule has 5 nitrogen and oxygen atoms in total. The molecule has 0 bridgehead atoms. The summed E-state index contributed by atoms with van der Waals surface area (Å²) >= 11 is 0. The Labute approximate surface area is 157 Å². The van der Waals surface area contributed by atoms with E-state index in [9.17, 15) is 22.0 Å². The van der Waals surface area contributed by atoms with Crippen LogP contribution in [0.4, 0.5) is 8.78 Å². The van der Waals surface area contributed by atoms with E-state index < -0.39 is 26.4 Å². The van der Waals surface area contributed by atoms with Crippen LogP contribution in [0, 0.1) is 5.92 Å². The van der Waals surface area contributed by atoms with E-state index in [1.807, 2.05) is 26.0 Å². The normalized spacial score (nSPS) is 12.9. The minimum Gasteiger partial charge on any atom is -0.497 e. The highest BCUT2D eigenvalue weighted by atomic mass is 32.2. The number of benzene rings is 2. The molecular formula is C19H21F2NO4S. The van der Waals surface area contributed by atoms with Crippen LogP contribution in [0.5, 0.6) is 5.75 Å². The number of alkyl halides is 2. The van der Waals surface area contributed by atoms with Gasteiger partial charge in [-0.05, 0) is 47.9 Å². The molecule has 2 rings (SSSR count). The fraction of sp³-hybridized carbons (Fsp3) is 0.316. The van der Waals surface area contributed by atoms with Gasteiger partial charge in [-0.25, -0.2) is 8.42 Å². The summed E-state index contributed by atoms with van der Waals surface area (Å²) in [5, 5.41) is 2.89. The SMILES string of the molecule is COc1ccc(C(NC(=O)c2ccc(S(=O)(=O)C(F)F)cc2)C(C)C)cc1. The van der Waals surface area contributed by atoms with Crippen molar-refractivity contribution in [1.29, 1.82) is 0 Å². The molecule has 0 aliphatic rings. The van der Waals surface area contributed by atoms with Gasteiger partial charge in [0.25, 0.3) is 5.91 Å². The van der Waals surface area contributed by atoms with Gasteiger partial charge in [0.05, 0.1) is 18.0 Å². The number of rotatable bonds is 7. The fourth-order valence-corrected chi connectivity index (χ4v) is 3.29. The zero-order chi connectivity index (χ0) is 20.2. The van der Waals surface area contributed by atoms with E-state index >= 15 is 0 Å². The Kier molecular flexibility index (Phi) is 6.54. The first-order valence-electron chi connectivity index (χ1n) is 8.23. The second kappa shape index (κ2) is 8.47. The highest BCUT2D eigenvalue weighted by molar-refractivity contribution is 7.91. The quantitative estimate of drug-likeness (QED) is 0.771. The standard InChI is InChI=1S/C19H21F2NO4S/c1-12(2)17(13-4-8-15(26-3)9-5-13)22-18(23)14-6-10-16(11-7-14)27(24,25)19(20)21/h4-12,17,19H,1-3H3,(H,22,23). The maximum Gasteiger partial charge on any atom is 0.341 e. The fourth-order valence-electron chi connectivity index (χ4n) is 2.57. The summed E-state index contributed by atoms with van der Waals surface area (Å²) in [5.74, 6) is -3.15. The summed E-state index contributed by atoms with van der Waals surface area (Å²) < 4.78 is 53.2. The summed E-state index contributed by atoms with van der Waals surface area (Å²) in [4.78, 5) is 12.0. The van der Waals surface area contributed by atoms with E-state index in [1.165, 1.54) is 12.1 Å². The Bertz CT molecular complexity index is 879. The third kappa shape index (κ3) is 4.82. The van der Waals surface area contributed by atoms with Crippen molar-refractivity contribution in [2.75, 3.05) is 7.11 Å². The highest BCUT2D eigenvalue weighted by Gasteiger charge is 2.27. The minimum atomic E-state index is -4.68. The number of carbonyl (C=O) groups is 1. The summed E-state index contributed by atoms with van der Waals surface area (Å²) in [6.45, 7) is 3.90. The van der Waals surface area contributed by atoms with Gasteiger partial charge in [-0.2, -0.15) is 8.78 Å². The molecule has 8 heteroatoms. The number of carbonyl (C=O) groups excluding carboxylic acids is 1. The van der Waals surface area contributed by atoms with E-state index in [0.717, 1.165) is 17.7 Å². The number of sulfone groups is 1. The highest BCUT2D eigenvalue weighted by Crippen LogP contribution is 2.25. The Morgan fingerprint density at radius 2 is 1.56 bits per heavy atom. The molecule has 0 heterocycles. The first kappa shape index (κ1) is 20.8.